The molecule has 0 aliphatic rings. The third kappa shape index (κ3) is 7.80. The van der Waals surface area contributed by atoms with E-state index in [1.807, 2.05) is 0 Å². The van der Waals surface area contributed by atoms with Crippen LogP contribution in [0.25, 0.3) is 0 Å². The highest BCUT2D eigenvalue weighted by molar-refractivity contribution is 4.76. The highest BCUT2D eigenvalue weighted by atomic mass is 16.5. The minimum Gasteiger partial charge on any atom is -0.384 e. The van der Waals surface area contributed by atoms with Crippen molar-refractivity contribution in [2.75, 3.05) is 34.4 Å². The third-order valence-electron chi connectivity index (χ3n) is 2.82. The quantitative estimate of drug-likeness (QED) is 0.548. The zero-order valence-corrected chi connectivity index (χ0v) is 11.3. The maximum Gasteiger partial charge on any atom is 0.0528 e. The molecule has 0 amide bonds. The number of hydrogen-bond acceptors (Lipinski definition) is 2. The maximum absolute atomic E-state index is 5.34. The van der Waals surface area contributed by atoms with Gasteiger partial charge in [0.05, 0.1) is 6.61 Å². The molecule has 0 saturated carbocycles. The normalized spacial score (nSPS) is 15.6. The SMILES string of the molecule is CCCCCCC(C)(COC)CN(C)C. The lowest BCUT2D eigenvalue weighted by atomic mass is 9.85. The van der Waals surface area contributed by atoms with E-state index in [9.17, 15) is 0 Å². The summed E-state index contributed by atoms with van der Waals surface area (Å²) in [5.74, 6) is 0. The molecule has 0 bridgehead atoms. The number of nitrogens with zero attached hydrogens (tertiary/aromatic N) is 1. The Morgan fingerprint density at radius 3 is 2.27 bits per heavy atom. The summed E-state index contributed by atoms with van der Waals surface area (Å²) in [5, 5.41) is 0. The molecule has 0 aliphatic heterocycles. The summed E-state index contributed by atoms with van der Waals surface area (Å²) in [4.78, 5) is 2.26. The van der Waals surface area contributed by atoms with Gasteiger partial charge < -0.3 is 9.64 Å². The molecule has 0 heterocycles. The summed E-state index contributed by atoms with van der Waals surface area (Å²) in [5.41, 5.74) is 0.325. The Kier molecular flexibility index (Phi) is 8.07. The van der Waals surface area contributed by atoms with Gasteiger partial charge in [0, 0.05) is 19.1 Å². The molecule has 0 radical (unpaired) electrons. The van der Waals surface area contributed by atoms with Crippen molar-refractivity contribution in [3.05, 3.63) is 0 Å². The van der Waals surface area contributed by atoms with Crippen molar-refractivity contribution in [2.45, 2.75) is 46.0 Å². The van der Waals surface area contributed by atoms with Crippen LogP contribution in [0.1, 0.15) is 46.0 Å². The van der Waals surface area contributed by atoms with Crippen LogP contribution in [-0.4, -0.2) is 39.3 Å². The van der Waals surface area contributed by atoms with Gasteiger partial charge in [-0.2, -0.15) is 0 Å². The smallest absolute Gasteiger partial charge is 0.0528 e. The first-order valence-corrected chi connectivity index (χ1v) is 6.18. The Balaban J connectivity index is 3.89. The second-order valence-corrected chi connectivity index (χ2v) is 5.29. The molecule has 2 nitrogen and oxygen atoms in total. The van der Waals surface area contributed by atoms with Crippen molar-refractivity contribution in [1.82, 2.24) is 4.90 Å². The van der Waals surface area contributed by atoms with Crippen LogP contribution in [-0.2, 0) is 4.74 Å². The van der Waals surface area contributed by atoms with Crippen molar-refractivity contribution in [3.8, 4) is 0 Å². The first kappa shape index (κ1) is 14.9. The first-order valence-electron chi connectivity index (χ1n) is 6.18. The predicted molar refractivity (Wildman–Crippen MR) is 67.3 cm³/mol. The number of methoxy groups -OCH3 is 1. The number of ether oxygens (including phenoxy) is 1. The minimum atomic E-state index is 0.325. The Bertz CT molecular complexity index is 147. The predicted octanol–water partition coefficient (Wildman–Crippen LogP) is 3.17. The lowest BCUT2D eigenvalue weighted by Gasteiger charge is -2.31. The topological polar surface area (TPSA) is 12.5 Å². The molecule has 2 heteroatoms. The van der Waals surface area contributed by atoms with E-state index >= 15 is 0 Å². The summed E-state index contributed by atoms with van der Waals surface area (Å²) in [6, 6.07) is 0. The minimum absolute atomic E-state index is 0.325. The van der Waals surface area contributed by atoms with Crippen molar-refractivity contribution >= 4 is 0 Å². The van der Waals surface area contributed by atoms with Crippen LogP contribution in [0.4, 0.5) is 0 Å². The summed E-state index contributed by atoms with van der Waals surface area (Å²) in [6.07, 6.45) is 6.66. The fraction of sp³-hybridized carbons (Fsp3) is 1.00. The largest absolute Gasteiger partial charge is 0.384 e. The Morgan fingerprint density at radius 2 is 1.80 bits per heavy atom. The zero-order chi connectivity index (χ0) is 11.7. The molecule has 92 valence electrons. The summed E-state index contributed by atoms with van der Waals surface area (Å²) >= 11 is 0. The van der Waals surface area contributed by atoms with E-state index in [1.165, 1.54) is 32.1 Å². The summed E-state index contributed by atoms with van der Waals surface area (Å²) in [6.45, 7) is 6.58. The van der Waals surface area contributed by atoms with Crippen LogP contribution < -0.4 is 0 Å². The van der Waals surface area contributed by atoms with Crippen LogP contribution >= 0.6 is 0 Å². The molecule has 0 aromatic heterocycles. The van der Waals surface area contributed by atoms with Gasteiger partial charge in [-0.1, -0.05) is 39.5 Å². The Hall–Kier alpha value is -0.0800. The molecular weight excluding hydrogens is 186 g/mol. The van der Waals surface area contributed by atoms with Crippen LogP contribution in [0.3, 0.4) is 0 Å². The van der Waals surface area contributed by atoms with Crippen molar-refractivity contribution < 1.29 is 4.74 Å². The second-order valence-electron chi connectivity index (χ2n) is 5.29. The van der Waals surface area contributed by atoms with Gasteiger partial charge in [-0.25, -0.2) is 0 Å². The van der Waals surface area contributed by atoms with E-state index < -0.39 is 0 Å². The molecule has 1 atom stereocenters. The monoisotopic (exact) mass is 215 g/mol. The molecule has 0 fully saturated rings. The van der Waals surface area contributed by atoms with E-state index in [-0.39, 0.29) is 0 Å². The third-order valence-corrected chi connectivity index (χ3v) is 2.82. The maximum atomic E-state index is 5.34. The van der Waals surface area contributed by atoms with Gasteiger partial charge in [0.25, 0.3) is 0 Å². The van der Waals surface area contributed by atoms with Crippen molar-refractivity contribution in [2.24, 2.45) is 5.41 Å². The van der Waals surface area contributed by atoms with E-state index in [4.69, 9.17) is 4.74 Å². The summed E-state index contributed by atoms with van der Waals surface area (Å²) in [7, 11) is 6.08. The molecule has 0 aromatic rings. The summed E-state index contributed by atoms with van der Waals surface area (Å²) < 4.78 is 5.34. The fourth-order valence-corrected chi connectivity index (χ4v) is 2.29. The van der Waals surface area contributed by atoms with E-state index in [0.29, 0.717) is 5.41 Å². The van der Waals surface area contributed by atoms with Crippen molar-refractivity contribution in [1.29, 1.82) is 0 Å². The highest BCUT2D eigenvalue weighted by Crippen LogP contribution is 2.25. The van der Waals surface area contributed by atoms with Gasteiger partial charge in [0.1, 0.15) is 0 Å². The Labute approximate surface area is 96.0 Å². The molecule has 0 aliphatic carbocycles. The Morgan fingerprint density at radius 1 is 1.13 bits per heavy atom. The zero-order valence-electron chi connectivity index (χ0n) is 11.3. The van der Waals surface area contributed by atoms with Gasteiger partial charge in [-0.05, 0) is 20.5 Å². The van der Waals surface area contributed by atoms with E-state index in [2.05, 4.69) is 32.8 Å². The van der Waals surface area contributed by atoms with Crippen LogP contribution in [0.5, 0.6) is 0 Å². The fourth-order valence-electron chi connectivity index (χ4n) is 2.29. The van der Waals surface area contributed by atoms with Crippen molar-refractivity contribution in [3.63, 3.8) is 0 Å². The molecule has 15 heavy (non-hydrogen) atoms. The van der Waals surface area contributed by atoms with Gasteiger partial charge in [-0.15, -0.1) is 0 Å². The molecule has 0 rings (SSSR count). The molecular formula is C13H29NO. The molecule has 0 saturated heterocycles. The van der Waals surface area contributed by atoms with Crippen LogP contribution in [0.2, 0.25) is 0 Å². The standard InChI is InChI=1S/C13H29NO/c1-6-7-8-9-10-13(2,12-15-5)11-14(3)4/h6-12H2,1-5H3. The molecule has 1 unspecified atom stereocenters. The number of unbranched alkanes of at least 4 members (excludes halogenated alkanes) is 3. The lowest BCUT2D eigenvalue weighted by Crippen LogP contribution is -2.35. The van der Waals surface area contributed by atoms with Crippen LogP contribution in [0, 0.1) is 5.41 Å². The van der Waals surface area contributed by atoms with Gasteiger partial charge in [0.15, 0.2) is 0 Å². The lowest BCUT2D eigenvalue weighted by molar-refractivity contribution is 0.0620. The van der Waals surface area contributed by atoms with E-state index in [1.54, 1.807) is 7.11 Å². The first-order chi connectivity index (χ1) is 7.04. The molecule has 0 spiro atoms. The molecule has 0 N–H and O–H groups in total. The highest BCUT2D eigenvalue weighted by Gasteiger charge is 2.24. The number of rotatable bonds is 9. The average molecular weight is 215 g/mol. The average Bonchev–Trinajstić information content (AvgIpc) is 2.11. The molecule has 0 aromatic carbocycles. The second kappa shape index (κ2) is 8.12. The van der Waals surface area contributed by atoms with Gasteiger partial charge in [0.2, 0.25) is 0 Å². The van der Waals surface area contributed by atoms with Gasteiger partial charge in [-0.3, -0.25) is 0 Å². The van der Waals surface area contributed by atoms with Gasteiger partial charge >= 0.3 is 0 Å². The van der Waals surface area contributed by atoms with E-state index in [0.717, 1.165) is 13.2 Å². The van der Waals surface area contributed by atoms with Crippen LogP contribution in [0.15, 0.2) is 0 Å². The number of hydrogen-bond donors (Lipinski definition) is 0.